The lowest BCUT2D eigenvalue weighted by molar-refractivity contribution is 0.0707. The van der Waals surface area contributed by atoms with Crippen LogP contribution < -0.4 is 4.90 Å². The van der Waals surface area contributed by atoms with Gasteiger partial charge in [-0.25, -0.2) is 4.98 Å². The number of aromatic nitrogens is 2. The maximum atomic E-state index is 13.1. The fraction of sp³-hybridized carbons (Fsp3) is 0.348. The minimum absolute atomic E-state index is 0.0251. The van der Waals surface area contributed by atoms with Crippen LogP contribution in [0.3, 0.4) is 0 Å². The molecule has 1 aromatic heterocycles. The summed E-state index contributed by atoms with van der Waals surface area (Å²) in [5.41, 5.74) is 3.45. The summed E-state index contributed by atoms with van der Waals surface area (Å²) in [6, 6.07) is 15.9. The summed E-state index contributed by atoms with van der Waals surface area (Å²) in [5, 5.41) is 0. The first-order valence-corrected chi connectivity index (χ1v) is 10.5. The number of amides is 2. The Labute approximate surface area is 175 Å². The van der Waals surface area contributed by atoms with Gasteiger partial charge in [-0.1, -0.05) is 18.2 Å². The predicted octanol–water partition coefficient (Wildman–Crippen LogP) is 2.47. The molecule has 0 spiro atoms. The number of benzene rings is 2. The van der Waals surface area contributed by atoms with E-state index in [2.05, 4.69) is 22.0 Å². The molecule has 0 N–H and O–H groups in total. The maximum Gasteiger partial charge on any atom is 0.289 e. The van der Waals surface area contributed by atoms with Gasteiger partial charge in [0.1, 0.15) is 0 Å². The lowest BCUT2D eigenvalue weighted by Crippen LogP contribution is -2.48. The number of fused-ring (bicyclic) bond motifs is 3. The van der Waals surface area contributed by atoms with Crippen molar-refractivity contribution in [2.75, 3.05) is 44.2 Å². The van der Waals surface area contributed by atoms with Gasteiger partial charge in [-0.05, 0) is 37.3 Å². The molecule has 7 heteroatoms. The van der Waals surface area contributed by atoms with Crippen LogP contribution >= 0.6 is 0 Å². The van der Waals surface area contributed by atoms with E-state index < -0.39 is 0 Å². The Morgan fingerprint density at radius 1 is 0.967 bits per heavy atom. The highest BCUT2D eigenvalue weighted by Crippen LogP contribution is 2.23. The molecule has 0 unspecified atom stereocenters. The Balaban J connectivity index is 1.34. The molecule has 0 aliphatic carbocycles. The zero-order valence-corrected chi connectivity index (χ0v) is 17.1. The molecule has 1 saturated heterocycles. The van der Waals surface area contributed by atoms with Crippen LogP contribution in [0.25, 0.3) is 11.0 Å². The van der Waals surface area contributed by atoms with Gasteiger partial charge in [-0.3, -0.25) is 9.59 Å². The summed E-state index contributed by atoms with van der Waals surface area (Å²) in [4.78, 5) is 36.3. The van der Waals surface area contributed by atoms with Crippen LogP contribution in [0.15, 0.2) is 48.5 Å². The molecule has 0 atom stereocenters. The van der Waals surface area contributed by atoms with Gasteiger partial charge < -0.3 is 19.3 Å². The van der Waals surface area contributed by atoms with Gasteiger partial charge in [-0.15, -0.1) is 0 Å². The molecule has 5 rings (SSSR count). The van der Waals surface area contributed by atoms with Gasteiger partial charge in [-0.2, -0.15) is 0 Å². The Bertz CT molecular complexity index is 1100. The second-order valence-corrected chi connectivity index (χ2v) is 7.79. The van der Waals surface area contributed by atoms with Gasteiger partial charge in [0.15, 0.2) is 5.82 Å². The fourth-order valence-corrected chi connectivity index (χ4v) is 4.41. The van der Waals surface area contributed by atoms with Gasteiger partial charge in [0.05, 0.1) is 11.0 Å². The second kappa shape index (κ2) is 7.48. The minimum Gasteiger partial charge on any atom is -0.368 e. The molecule has 30 heavy (non-hydrogen) atoms. The monoisotopic (exact) mass is 403 g/mol. The van der Waals surface area contributed by atoms with Crippen LogP contribution in [0.2, 0.25) is 0 Å². The van der Waals surface area contributed by atoms with Crippen LogP contribution in [0.1, 0.15) is 27.9 Å². The van der Waals surface area contributed by atoms with Crippen molar-refractivity contribution in [3.63, 3.8) is 0 Å². The molecule has 2 aliphatic rings. The van der Waals surface area contributed by atoms with Crippen molar-refractivity contribution in [3.05, 3.63) is 59.9 Å². The number of carbonyl (C=O) groups excluding carboxylic acids is 2. The normalized spacial score (nSPS) is 16.8. The van der Waals surface area contributed by atoms with E-state index in [0.29, 0.717) is 43.1 Å². The molecule has 1 fully saturated rings. The average Bonchev–Trinajstić information content (AvgIpc) is 3.18. The maximum absolute atomic E-state index is 13.1. The Hall–Kier alpha value is -3.35. The van der Waals surface area contributed by atoms with Crippen molar-refractivity contribution in [2.45, 2.75) is 13.5 Å². The van der Waals surface area contributed by atoms with Gasteiger partial charge in [0.2, 0.25) is 0 Å². The van der Waals surface area contributed by atoms with E-state index in [4.69, 9.17) is 0 Å². The fourth-order valence-electron chi connectivity index (χ4n) is 4.41. The van der Waals surface area contributed by atoms with Crippen molar-refractivity contribution in [3.8, 4) is 0 Å². The van der Waals surface area contributed by atoms with Gasteiger partial charge in [0, 0.05) is 57.1 Å². The number of imidazole rings is 1. The molecule has 7 nitrogen and oxygen atoms in total. The molecule has 0 saturated carbocycles. The van der Waals surface area contributed by atoms with Gasteiger partial charge >= 0.3 is 0 Å². The average molecular weight is 403 g/mol. The summed E-state index contributed by atoms with van der Waals surface area (Å²) in [6.07, 6.45) is 0. The van der Waals surface area contributed by atoms with Crippen LogP contribution in [-0.2, 0) is 6.54 Å². The number of hydrogen-bond donors (Lipinski definition) is 0. The molecule has 154 valence electrons. The summed E-state index contributed by atoms with van der Waals surface area (Å²) < 4.78 is 1.97. The molecular formula is C23H25N5O2. The summed E-state index contributed by atoms with van der Waals surface area (Å²) in [5.74, 6) is 0.459. The predicted molar refractivity (Wildman–Crippen MR) is 116 cm³/mol. The van der Waals surface area contributed by atoms with E-state index >= 15 is 0 Å². The molecule has 2 amide bonds. The van der Waals surface area contributed by atoms with Crippen molar-refractivity contribution in [1.82, 2.24) is 19.4 Å². The Morgan fingerprint density at radius 2 is 1.73 bits per heavy atom. The number of anilines is 1. The largest absolute Gasteiger partial charge is 0.368 e. The van der Waals surface area contributed by atoms with Crippen molar-refractivity contribution >= 4 is 28.5 Å². The van der Waals surface area contributed by atoms with Crippen LogP contribution in [0.4, 0.5) is 5.69 Å². The topological polar surface area (TPSA) is 61.7 Å². The molecule has 3 aromatic rings. The summed E-state index contributed by atoms with van der Waals surface area (Å²) >= 11 is 0. The number of rotatable bonds is 3. The molecule has 2 aromatic carbocycles. The SMILES string of the molecule is CCN1CCn2c(nc3cc(C(=O)N4CCN(c5ccccc5)CC4)ccc32)C1=O. The quantitative estimate of drug-likeness (QED) is 0.674. The second-order valence-electron chi connectivity index (χ2n) is 7.79. The first-order chi connectivity index (χ1) is 14.7. The zero-order chi connectivity index (χ0) is 20.7. The third-order valence-corrected chi connectivity index (χ3v) is 6.14. The number of likely N-dealkylation sites (N-methyl/N-ethyl adjacent to an activating group) is 1. The highest BCUT2D eigenvalue weighted by molar-refractivity contribution is 6.00. The van der Waals surface area contributed by atoms with Crippen LogP contribution in [0, 0.1) is 0 Å². The lowest BCUT2D eigenvalue weighted by Gasteiger charge is -2.36. The van der Waals surface area contributed by atoms with Crippen LogP contribution in [0.5, 0.6) is 0 Å². The van der Waals surface area contributed by atoms with E-state index in [1.807, 2.05) is 52.8 Å². The molecular weight excluding hydrogens is 378 g/mol. The molecule has 2 aliphatic heterocycles. The molecule has 3 heterocycles. The number of piperazine rings is 1. The Kier molecular flexibility index (Phi) is 4.65. The van der Waals surface area contributed by atoms with Crippen molar-refractivity contribution in [2.24, 2.45) is 0 Å². The van der Waals surface area contributed by atoms with E-state index in [1.54, 1.807) is 4.90 Å². The first-order valence-electron chi connectivity index (χ1n) is 10.5. The lowest BCUT2D eigenvalue weighted by atomic mass is 10.1. The highest BCUT2D eigenvalue weighted by atomic mass is 16.2. The standard InChI is InChI=1S/C23H25N5O2/c1-2-25-14-15-28-20-9-8-17(16-19(20)24-21(28)23(25)30)22(29)27-12-10-26(11-13-27)18-6-4-3-5-7-18/h3-9,16H,2,10-15H2,1H3. The third-order valence-electron chi connectivity index (χ3n) is 6.14. The summed E-state index contributed by atoms with van der Waals surface area (Å²) in [6.45, 7) is 7.10. The number of nitrogens with zero attached hydrogens (tertiary/aromatic N) is 5. The third kappa shape index (κ3) is 3.10. The van der Waals surface area contributed by atoms with Crippen LogP contribution in [-0.4, -0.2) is 70.4 Å². The minimum atomic E-state index is -0.0372. The summed E-state index contributed by atoms with van der Waals surface area (Å²) in [7, 11) is 0. The molecule has 0 radical (unpaired) electrons. The van der Waals surface area contributed by atoms with E-state index in [1.165, 1.54) is 5.69 Å². The van der Waals surface area contributed by atoms with E-state index in [0.717, 1.165) is 25.2 Å². The van der Waals surface area contributed by atoms with Crippen molar-refractivity contribution < 1.29 is 9.59 Å². The number of para-hydroxylation sites is 1. The van der Waals surface area contributed by atoms with E-state index in [-0.39, 0.29) is 11.8 Å². The first kappa shape index (κ1) is 18.7. The highest BCUT2D eigenvalue weighted by Gasteiger charge is 2.28. The van der Waals surface area contributed by atoms with Gasteiger partial charge in [0.25, 0.3) is 11.8 Å². The van der Waals surface area contributed by atoms with Crippen molar-refractivity contribution in [1.29, 1.82) is 0 Å². The number of hydrogen-bond acceptors (Lipinski definition) is 4. The number of carbonyl (C=O) groups is 2. The smallest absolute Gasteiger partial charge is 0.289 e. The van der Waals surface area contributed by atoms with E-state index in [9.17, 15) is 9.59 Å². The Morgan fingerprint density at radius 3 is 2.47 bits per heavy atom. The zero-order valence-electron chi connectivity index (χ0n) is 17.1. The molecule has 0 bridgehead atoms.